The summed E-state index contributed by atoms with van der Waals surface area (Å²) >= 11 is 3.47. The van der Waals surface area contributed by atoms with Crippen LogP contribution in [-0.4, -0.2) is 17.9 Å². The van der Waals surface area contributed by atoms with Gasteiger partial charge >= 0.3 is 0 Å². The fraction of sp³-hybridized carbons (Fsp3) is 0.235. The van der Waals surface area contributed by atoms with Crippen LogP contribution in [0.4, 0.5) is 0 Å². The van der Waals surface area contributed by atoms with Crippen molar-refractivity contribution in [3.05, 3.63) is 69.2 Å². The molecule has 0 bridgehead atoms. The summed E-state index contributed by atoms with van der Waals surface area (Å²) in [4.78, 5) is 14.3. The molecule has 0 saturated heterocycles. The van der Waals surface area contributed by atoms with Crippen molar-refractivity contribution in [2.24, 2.45) is 0 Å². The fourth-order valence-electron chi connectivity index (χ4n) is 2.20. The van der Waals surface area contributed by atoms with Crippen molar-refractivity contribution in [2.45, 2.75) is 20.4 Å². The molecule has 0 atom stereocenters. The lowest BCUT2D eigenvalue weighted by Crippen LogP contribution is -2.26. The fourth-order valence-corrected chi connectivity index (χ4v) is 2.57. The molecule has 0 N–H and O–H groups in total. The van der Waals surface area contributed by atoms with Crippen LogP contribution < -0.4 is 0 Å². The first-order valence-corrected chi connectivity index (χ1v) is 7.34. The van der Waals surface area contributed by atoms with Crippen LogP contribution in [0.15, 0.2) is 46.9 Å². The molecule has 2 aromatic carbocycles. The van der Waals surface area contributed by atoms with Crippen LogP contribution in [0.3, 0.4) is 0 Å². The molecule has 0 unspecified atom stereocenters. The Hall–Kier alpha value is -1.61. The van der Waals surface area contributed by atoms with Gasteiger partial charge in [-0.05, 0) is 37.1 Å². The molecule has 2 rings (SSSR count). The lowest BCUT2D eigenvalue weighted by Gasteiger charge is -2.19. The van der Waals surface area contributed by atoms with Gasteiger partial charge in [0.25, 0.3) is 5.91 Å². The maximum atomic E-state index is 12.5. The highest BCUT2D eigenvalue weighted by Crippen LogP contribution is 2.21. The summed E-state index contributed by atoms with van der Waals surface area (Å²) in [7, 11) is 1.84. The number of rotatable bonds is 3. The highest BCUT2D eigenvalue weighted by Gasteiger charge is 2.15. The van der Waals surface area contributed by atoms with E-state index >= 15 is 0 Å². The second-order valence-electron chi connectivity index (χ2n) is 5.06. The highest BCUT2D eigenvalue weighted by molar-refractivity contribution is 9.10. The summed E-state index contributed by atoms with van der Waals surface area (Å²) in [5.74, 6) is 0.0466. The Morgan fingerprint density at radius 3 is 2.55 bits per heavy atom. The zero-order chi connectivity index (χ0) is 14.7. The average Bonchev–Trinajstić information content (AvgIpc) is 2.41. The van der Waals surface area contributed by atoms with E-state index in [2.05, 4.69) is 35.0 Å². The van der Waals surface area contributed by atoms with E-state index in [1.54, 1.807) is 4.90 Å². The molecule has 0 aliphatic heterocycles. The normalized spacial score (nSPS) is 10.4. The number of carbonyl (C=O) groups excluding carboxylic acids is 1. The molecule has 1 amide bonds. The first-order valence-electron chi connectivity index (χ1n) is 6.55. The van der Waals surface area contributed by atoms with Crippen molar-refractivity contribution < 1.29 is 4.79 Å². The van der Waals surface area contributed by atoms with E-state index in [0.717, 1.165) is 21.2 Å². The van der Waals surface area contributed by atoms with Crippen molar-refractivity contribution in [1.82, 2.24) is 4.90 Å². The highest BCUT2D eigenvalue weighted by atomic mass is 79.9. The van der Waals surface area contributed by atoms with Crippen LogP contribution in [0, 0.1) is 13.8 Å². The van der Waals surface area contributed by atoms with E-state index in [1.807, 2.05) is 44.3 Å². The summed E-state index contributed by atoms with van der Waals surface area (Å²) in [6, 6.07) is 14.0. The second kappa shape index (κ2) is 6.23. The number of nitrogens with zero attached hydrogens (tertiary/aromatic N) is 1. The summed E-state index contributed by atoms with van der Waals surface area (Å²) in [6.45, 7) is 4.63. The van der Waals surface area contributed by atoms with Gasteiger partial charge in [0.1, 0.15) is 0 Å². The molecule has 0 aliphatic carbocycles. The Morgan fingerprint density at radius 1 is 1.15 bits per heavy atom. The number of benzene rings is 2. The van der Waals surface area contributed by atoms with Crippen LogP contribution in [0.2, 0.25) is 0 Å². The van der Waals surface area contributed by atoms with Gasteiger partial charge in [0.15, 0.2) is 0 Å². The van der Waals surface area contributed by atoms with Gasteiger partial charge in [0, 0.05) is 23.6 Å². The molecule has 0 radical (unpaired) electrons. The zero-order valence-electron chi connectivity index (χ0n) is 12.0. The molecule has 0 heterocycles. The van der Waals surface area contributed by atoms with Crippen LogP contribution in [0.1, 0.15) is 27.0 Å². The van der Waals surface area contributed by atoms with Crippen LogP contribution in [0.25, 0.3) is 0 Å². The van der Waals surface area contributed by atoms with Gasteiger partial charge in [-0.25, -0.2) is 0 Å². The molecule has 2 aromatic rings. The first-order chi connectivity index (χ1) is 9.49. The molecule has 0 aromatic heterocycles. The number of amides is 1. The minimum atomic E-state index is 0.0466. The molecule has 0 spiro atoms. The lowest BCUT2D eigenvalue weighted by molar-refractivity contribution is 0.0784. The van der Waals surface area contributed by atoms with Gasteiger partial charge in [0.2, 0.25) is 0 Å². The predicted octanol–water partition coefficient (Wildman–Crippen LogP) is 4.34. The van der Waals surface area contributed by atoms with Crippen LogP contribution >= 0.6 is 15.9 Å². The molecule has 0 aliphatic rings. The topological polar surface area (TPSA) is 20.3 Å². The van der Waals surface area contributed by atoms with Gasteiger partial charge in [-0.2, -0.15) is 0 Å². The SMILES string of the molecule is Cc1cccc(CN(C)C(=O)c2cccc(Br)c2C)c1. The molecule has 0 saturated carbocycles. The smallest absolute Gasteiger partial charge is 0.254 e. The maximum Gasteiger partial charge on any atom is 0.254 e. The van der Waals surface area contributed by atoms with Gasteiger partial charge in [-0.1, -0.05) is 51.8 Å². The minimum absolute atomic E-state index is 0.0466. The third-order valence-electron chi connectivity index (χ3n) is 3.35. The number of carbonyl (C=O) groups is 1. The van der Waals surface area contributed by atoms with E-state index in [0.29, 0.717) is 6.54 Å². The lowest BCUT2D eigenvalue weighted by atomic mass is 10.1. The van der Waals surface area contributed by atoms with Gasteiger partial charge in [-0.3, -0.25) is 4.79 Å². The van der Waals surface area contributed by atoms with Crippen LogP contribution in [0.5, 0.6) is 0 Å². The number of hydrogen-bond acceptors (Lipinski definition) is 1. The van der Waals surface area contributed by atoms with Crippen molar-refractivity contribution in [2.75, 3.05) is 7.05 Å². The summed E-state index contributed by atoms with van der Waals surface area (Å²) < 4.78 is 0.965. The Morgan fingerprint density at radius 2 is 1.85 bits per heavy atom. The molecule has 104 valence electrons. The monoisotopic (exact) mass is 331 g/mol. The molecule has 2 nitrogen and oxygen atoms in total. The van der Waals surface area contributed by atoms with E-state index in [1.165, 1.54) is 5.56 Å². The predicted molar refractivity (Wildman–Crippen MR) is 85.9 cm³/mol. The van der Waals surface area contributed by atoms with Crippen molar-refractivity contribution in [3.63, 3.8) is 0 Å². The summed E-state index contributed by atoms with van der Waals surface area (Å²) in [5.41, 5.74) is 4.08. The Labute approximate surface area is 128 Å². The quantitative estimate of drug-likeness (QED) is 0.819. The van der Waals surface area contributed by atoms with Crippen molar-refractivity contribution >= 4 is 21.8 Å². The Bertz CT molecular complexity index is 637. The maximum absolute atomic E-state index is 12.5. The average molecular weight is 332 g/mol. The van der Waals surface area contributed by atoms with Gasteiger partial charge in [0.05, 0.1) is 0 Å². The Kier molecular flexibility index (Phi) is 4.61. The third-order valence-corrected chi connectivity index (χ3v) is 4.21. The van der Waals surface area contributed by atoms with Gasteiger partial charge < -0.3 is 4.90 Å². The minimum Gasteiger partial charge on any atom is -0.337 e. The van der Waals surface area contributed by atoms with E-state index in [-0.39, 0.29) is 5.91 Å². The van der Waals surface area contributed by atoms with E-state index in [9.17, 15) is 4.79 Å². The largest absolute Gasteiger partial charge is 0.337 e. The second-order valence-corrected chi connectivity index (χ2v) is 5.92. The molecule has 3 heteroatoms. The summed E-state index contributed by atoms with van der Waals surface area (Å²) in [6.07, 6.45) is 0. The first kappa shape index (κ1) is 14.8. The van der Waals surface area contributed by atoms with Crippen molar-refractivity contribution in [1.29, 1.82) is 0 Å². The van der Waals surface area contributed by atoms with Crippen molar-refractivity contribution in [3.8, 4) is 0 Å². The zero-order valence-corrected chi connectivity index (χ0v) is 13.6. The van der Waals surface area contributed by atoms with E-state index < -0.39 is 0 Å². The molecular weight excluding hydrogens is 314 g/mol. The summed E-state index contributed by atoms with van der Waals surface area (Å²) in [5, 5.41) is 0. The third kappa shape index (κ3) is 3.28. The van der Waals surface area contributed by atoms with E-state index in [4.69, 9.17) is 0 Å². The van der Waals surface area contributed by atoms with Crippen LogP contribution in [-0.2, 0) is 6.54 Å². The number of halogens is 1. The molecule has 20 heavy (non-hydrogen) atoms. The number of aryl methyl sites for hydroxylation is 1. The molecule has 0 fully saturated rings. The van der Waals surface area contributed by atoms with Gasteiger partial charge in [-0.15, -0.1) is 0 Å². The number of hydrogen-bond donors (Lipinski definition) is 0. The molecular formula is C17H18BrNO. The standard InChI is InChI=1S/C17H18BrNO/c1-12-6-4-7-14(10-12)11-19(3)17(20)15-8-5-9-16(18)13(15)2/h4-10H,11H2,1-3H3. The Balaban J connectivity index is 2.19.